The first-order valence-electron chi connectivity index (χ1n) is 10.1. The van der Waals surface area contributed by atoms with E-state index in [-0.39, 0.29) is 0 Å². The maximum atomic E-state index is 10.1. The Hall–Kier alpha value is -0.530. The minimum Gasteiger partial charge on any atom is -0.359 e. The molecule has 0 saturated carbocycles. The molecule has 2 heteroatoms. The van der Waals surface area contributed by atoms with Gasteiger partial charge in [-0.1, -0.05) is 110 Å². The Labute approximate surface area is 139 Å². The zero-order valence-electron chi connectivity index (χ0n) is 15.2. The summed E-state index contributed by atoms with van der Waals surface area (Å²) in [6, 6.07) is 0. The van der Waals surface area contributed by atoms with E-state index in [4.69, 9.17) is 0 Å². The van der Waals surface area contributed by atoms with Gasteiger partial charge in [0, 0.05) is 6.54 Å². The molecular formula is C20H41NO. The van der Waals surface area contributed by atoms with Crippen LogP contribution in [0.5, 0.6) is 0 Å². The van der Waals surface area contributed by atoms with Crippen molar-refractivity contribution < 1.29 is 4.79 Å². The number of hydrogen-bond acceptors (Lipinski definition) is 1. The summed E-state index contributed by atoms with van der Waals surface area (Å²) in [5.74, 6) is 0. The second-order valence-corrected chi connectivity index (χ2v) is 6.73. The smallest absolute Gasteiger partial charge is 0.207 e. The molecule has 0 saturated heterocycles. The van der Waals surface area contributed by atoms with Crippen LogP contribution in [-0.2, 0) is 4.79 Å². The highest BCUT2D eigenvalue weighted by Gasteiger charge is 1.94. The predicted octanol–water partition coefficient (Wildman–Crippen LogP) is 6.38. The van der Waals surface area contributed by atoms with Crippen LogP contribution in [0.4, 0.5) is 0 Å². The molecule has 0 bridgehead atoms. The lowest BCUT2D eigenvalue weighted by atomic mass is 10.0. The van der Waals surface area contributed by atoms with Gasteiger partial charge >= 0.3 is 0 Å². The molecule has 132 valence electrons. The van der Waals surface area contributed by atoms with Crippen LogP contribution in [0, 0.1) is 0 Å². The first-order valence-corrected chi connectivity index (χ1v) is 10.1. The number of unbranched alkanes of at least 4 members (excludes halogenated alkanes) is 16. The molecule has 0 atom stereocenters. The summed E-state index contributed by atoms with van der Waals surface area (Å²) < 4.78 is 0. The van der Waals surface area contributed by atoms with Gasteiger partial charge in [-0.2, -0.15) is 0 Å². The number of hydrogen-bond donors (Lipinski definition) is 1. The van der Waals surface area contributed by atoms with Crippen LogP contribution in [0.15, 0.2) is 0 Å². The molecule has 1 N–H and O–H groups in total. The quantitative estimate of drug-likeness (QED) is 0.217. The van der Waals surface area contributed by atoms with E-state index in [1.165, 1.54) is 103 Å². The molecule has 2 nitrogen and oxygen atoms in total. The van der Waals surface area contributed by atoms with E-state index < -0.39 is 0 Å². The number of carbonyl (C=O) groups is 1. The molecule has 0 fully saturated rings. The van der Waals surface area contributed by atoms with Crippen molar-refractivity contribution in [3.8, 4) is 0 Å². The van der Waals surface area contributed by atoms with Gasteiger partial charge in [0.1, 0.15) is 0 Å². The molecular weight excluding hydrogens is 270 g/mol. The Balaban J connectivity index is 2.92. The zero-order valence-corrected chi connectivity index (χ0v) is 15.2. The van der Waals surface area contributed by atoms with Crippen LogP contribution in [-0.4, -0.2) is 13.0 Å². The van der Waals surface area contributed by atoms with E-state index in [0.29, 0.717) is 0 Å². The van der Waals surface area contributed by atoms with Crippen molar-refractivity contribution in [1.29, 1.82) is 0 Å². The molecule has 0 unspecified atom stereocenters. The molecule has 22 heavy (non-hydrogen) atoms. The molecule has 0 rings (SSSR count). The maximum absolute atomic E-state index is 10.1. The van der Waals surface area contributed by atoms with Gasteiger partial charge in [-0.05, 0) is 6.42 Å². The SMILES string of the molecule is CCCCCCCCCCCCCCCCCCCNC=O. The summed E-state index contributed by atoms with van der Waals surface area (Å²) >= 11 is 0. The Morgan fingerprint density at radius 1 is 0.545 bits per heavy atom. The minimum absolute atomic E-state index is 0.798. The van der Waals surface area contributed by atoms with Crippen molar-refractivity contribution in [1.82, 2.24) is 5.32 Å². The number of carbonyl (C=O) groups excluding carboxylic acids is 1. The molecule has 0 aromatic rings. The van der Waals surface area contributed by atoms with Gasteiger partial charge in [-0.25, -0.2) is 0 Å². The standard InChI is InChI=1S/C20H41NO/c1-2-3-4-5-6-7-8-9-10-11-12-13-14-15-16-17-18-19-21-20-22/h20H,2-19H2,1H3,(H,21,22). The fourth-order valence-electron chi connectivity index (χ4n) is 3.01. The number of rotatable bonds is 19. The van der Waals surface area contributed by atoms with Crippen LogP contribution in [0.25, 0.3) is 0 Å². The second-order valence-electron chi connectivity index (χ2n) is 6.73. The van der Waals surface area contributed by atoms with E-state index in [1.54, 1.807) is 0 Å². The van der Waals surface area contributed by atoms with Crippen molar-refractivity contribution in [2.45, 2.75) is 116 Å². The van der Waals surface area contributed by atoms with Crippen molar-refractivity contribution in [2.24, 2.45) is 0 Å². The van der Waals surface area contributed by atoms with E-state index in [2.05, 4.69) is 12.2 Å². The lowest BCUT2D eigenvalue weighted by Gasteiger charge is -2.03. The van der Waals surface area contributed by atoms with E-state index in [0.717, 1.165) is 19.4 Å². The molecule has 0 radical (unpaired) electrons. The Morgan fingerprint density at radius 2 is 0.864 bits per heavy atom. The van der Waals surface area contributed by atoms with Gasteiger partial charge in [0.05, 0.1) is 0 Å². The maximum Gasteiger partial charge on any atom is 0.207 e. The highest BCUT2D eigenvalue weighted by molar-refractivity contribution is 5.45. The first-order chi connectivity index (χ1) is 10.9. The van der Waals surface area contributed by atoms with Crippen LogP contribution >= 0.6 is 0 Å². The van der Waals surface area contributed by atoms with Crippen LogP contribution < -0.4 is 5.32 Å². The van der Waals surface area contributed by atoms with Gasteiger partial charge < -0.3 is 5.32 Å². The van der Waals surface area contributed by atoms with Gasteiger partial charge in [-0.15, -0.1) is 0 Å². The van der Waals surface area contributed by atoms with Crippen molar-refractivity contribution >= 4 is 6.41 Å². The highest BCUT2D eigenvalue weighted by atomic mass is 16.1. The summed E-state index contributed by atoms with van der Waals surface area (Å²) in [4.78, 5) is 10.1. The largest absolute Gasteiger partial charge is 0.359 e. The molecule has 0 aromatic heterocycles. The fraction of sp³-hybridized carbons (Fsp3) is 0.950. The second kappa shape index (κ2) is 20.5. The van der Waals surface area contributed by atoms with Gasteiger partial charge in [0.25, 0.3) is 0 Å². The average Bonchev–Trinajstić information content (AvgIpc) is 2.54. The average molecular weight is 312 g/mol. The molecule has 0 aliphatic heterocycles. The summed E-state index contributed by atoms with van der Waals surface area (Å²) in [6.07, 6.45) is 24.6. The van der Waals surface area contributed by atoms with Crippen LogP contribution in [0.1, 0.15) is 116 Å². The molecule has 0 aliphatic carbocycles. The van der Waals surface area contributed by atoms with Crippen LogP contribution in [0.3, 0.4) is 0 Å². The number of amides is 1. The Bertz CT molecular complexity index is 206. The summed E-state index contributed by atoms with van der Waals surface area (Å²) in [7, 11) is 0. The fourth-order valence-corrected chi connectivity index (χ4v) is 3.01. The predicted molar refractivity (Wildman–Crippen MR) is 98.2 cm³/mol. The number of nitrogens with one attached hydrogen (secondary N) is 1. The summed E-state index contributed by atoms with van der Waals surface area (Å²) in [5.41, 5.74) is 0. The minimum atomic E-state index is 0.798. The Morgan fingerprint density at radius 3 is 1.18 bits per heavy atom. The Kier molecular flexibility index (Phi) is 20.0. The van der Waals surface area contributed by atoms with Gasteiger partial charge in [0.2, 0.25) is 6.41 Å². The third kappa shape index (κ3) is 19.5. The lowest BCUT2D eigenvalue weighted by Crippen LogP contribution is -2.11. The molecule has 0 heterocycles. The van der Waals surface area contributed by atoms with E-state index in [1.807, 2.05) is 0 Å². The molecule has 0 aromatic carbocycles. The topological polar surface area (TPSA) is 29.1 Å². The van der Waals surface area contributed by atoms with Crippen molar-refractivity contribution in [3.63, 3.8) is 0 Å². The van der Waals surface area contributed by atoms with Crippen molar-refractivity contribution in [2.75, 3.05) is 6.54 Å². The lowest BCUT2D eigenvalue weighted by molar-refractivity contribution is -0.109. The zero-order chi connectivity index (χ0) is 16.1. The molecule has 1 amide bonds. The van der Waals surface area contributed by atoms with E-state index >= 15 is 0 Å². The highest BCUT2D eigenvalue weighted by Crippen LogP contribution is 2.13. The molecule has 0 aliphatic rings. The summed E-state index contributed by atoms with van der Waals surface area (Å²) in [6.45, 7) is 3.13. The molecule has 0 spiro atoms. The van der Waals surface area contributed by atoms with Gasteiger partial charge in [-0.3, -0.25) is 4.79 Å². The monoisotopic (exact) mass is 311 g/mol. The normalized spacial score (nSPS) is 10.8. The first kappa shape index (κ1) is 21.5. The summed E-state index contributed by atoms with van der Waals surface area (Å²) in [5, 5.41) is 2.72. The van der Waals surface area contributed by atoms with Crippen LogP contribution in [0.2, 0.25) is 0 Å². The van der Waals surface area contributed by atoms with Gasteiger partial charge in [0.15, 0.2) is 0 Å². The van der Waals surface area contributed by atoms with E-state index in [9.17, 15) is 4.79 Å². The third-order valence-corrected chi connectivity index (χ3v) is 4.51. The third-order valence-electron chi connectivity index (χ3n) is 4.51. The van der Waals surface area contributed by atoms with Crippen molar-refractivity contribution in [3.05, 3.63) is 0 Å².